The summed E-state index contributed by atoms with van der Waals surface area (Å²) in [5.74, 6) is -2.73. The van der Waals surface area contributed by atoms with Crippen molar-refractivity contribution < 1.29 is 27.8 Å². The number of amides is 1. The predicted molar refractivity (Wildman–Crippen MR) is 136 cm³/mol. The Kier molecular flexibility index (Phi) is 7.02. The fraction of sp³-hybridized carbons (Fsp3) is 0.538. The minimum absolute atomic E-state index is 0.0573. The summed E-state index contributed by atoms with van der Waals surface area (Å²) in [6.07, 6.45) is 4.96. The van der Waals surface area contributed by atoms with Crippen LogP contribution in [0.25, 0.3) is 11.2 Å². The molecule has 1 aliphatic carbocycles. The number of hydrogen-bond acceptors (Lipinski definition) is 8. The zero-order chi connectivity index (χ0) is 27.1. The van der Waals surface area contributed by atoms with Gasteiger partial charge in [0.15, 0.2) is 17.3 Å². The van der Waals surface area contributed by atoms with Crippen LogP contribution >= 0.6 is 0 Å². The van der Waals surface area contributed by atoms with Crippen LogP contribution in [0, 0.1) is 23.4 Å². The minimum atomic E-state index is -1.08. The highest BCUT2D eigenvalue weighted by Gasteiger charge is 2.34. The number of fused-ring (bicyclic) bond motifs is 1. The molecule has 2 aliphatic heterocycles. The molecule has 3 N–H and O–H groups in total. The van der Waals surface area contributed by atoms with Gasteiger partial charge >= 0.3 is 0 Å². The first-order chi connectivity index (χ1) is 18.9. The number of aliphatic hydroxyl groups is 1. The van der Waals surface area contributed by atoms with Gasteiger partial charge in [-0.15, -0.1) is 0 Å². The summed E-state index contributed by atoms with van der Waals surface area (Å²) in [5, 5.41) is 15.8. The van der Waals surface area contributed by atoms with E-state index in [1.54, 1.807) is 15.7 Å². The van der Waals surface area contributed by atoms with E-state index in [1.165, 1.54) is 0 Å². The van der Waals surface area contributed by atoms with Crippen LogP contribution < -0.4 is 10.6 Å². The maximum Gasteiger partial charge on any atom is 0.225 e. The molecule has 208 valence electrons. The molecule has 1 unspecified atom stereocenters. The van der Waals surface area contributed by atoms with Crippen molar-refractivity contribution in [3.8, 4) is 0 Å². The Bertz CT molecular complexity index is 1350. The number of aliphatic hydroxyl groups excluding tert-OH is 1. The van der Waals surface area contributed by atoms with Crippen molar-refractivity contribution in [1.82, 2.24) is 24.4 Å². The molecule has 1 saturated carbocycles. The number of carbonyl (C=O) groups is 1. The van der Waals surface area contributed by atoms with Crippen molar-refractivity contribution in [1.29, 1.82) is 0 Å². The normalized spacial score (nSPS) is 25.4. The lowest BCUT2D eigenvalue weighted by molar-refractivity contribution is -0.136. The lowest BCUT2D eigenvalue weighted by Crippen LogP contribution is -2.37. The molecule has 3 aromatic rings. The average molecular weight is 546 g/mol. The molecule has 3 aliphatic rings. The van der Waals surface area contributed by atoms with E-state index >= 15 is 0 Å². The molecule has 0 radical (unpaired) electrons. The van der Waals surface area contributed by atoms with Crippen LogP contribution in [0.2, 0.25) is 0 Å². The molecule has 6 rings (SSSR count). The fourth-order valence-corrected chi connectivity index (χ4v) is 5.78. The van der Waals surface area contributed by atoms with E-state index in [9.17, 15) is 23.1 Å². The summed E-state index contributed by atoms with van der Waals surface area (Å²) in [6.45, 7) is 2.13. The number of likely N-dealkylation sites (tertiary alicyclic amines) is 1. The Morgan fingerprint density at radius 3 is 2.49 bits per heavy atom. The topological polar surface area (TPSA) is 117 Å². The highest BCUT2D eigenvalue weighted by atomic mass is 19.1. The van der Waals surface area contributed by atoms with Gasteiger partial charge in [0.25, 0.3) is 0 Å². The van der Waals surface area contributed by atoms with Crippen molar-refractivity contribution in [3.05, 3.63) is 35.8 Å². The quantitative estimate of drug-likeness (QED) is 0.431. The van der Waals surface area contributed by atoms with E-state index in [2.05, 4.69) is 20.6 Å². The zero-order valence-corrected chi connectivity index (χ0v) is 21.2. The molecule has 3 fully saturated rings. The second-order valence-corrected chi connectivity index (χ2v) is 10.5. The number of aromatic nitrogens is 4. The highest BCUT2D eigenvalue weighted by molar-refractivity contribution is 5.79. The molecule has 2 aromatic heterocycles. The van der Waals surface area contributed by atoms with Crippen LogP contribution in [-0.4, -0.2) is 73.9 Å². The van der Waals surface area contributed by atoms with Crippen LogP contribution in [0.15, 0.2) is 18.3 Å². The molecule has 1 aromatic carbocycles. The van der Waals surface area contributed by atoms with Gasteiger partial charge in [0.1, 0.15) is 17.0 Å². The molecule has 39 heavy (non-hydrogen) atoms. The third-order valence-electron chi connectivity index (χ3n) is 7.83. The van der Waals surface area contributed by atoms with Crippen LogP contribution in [0.5, 0.6) is 0 Å². The van der Waals surface area contributed by atoms with Gasteiger partial charge < -0.3 is 25.4 Å². The van der Waals surface area contributed by atoms with E-state index in [0.717, 1.165) is 6.42 Å². The van der Waals surface area contributed by atoms with Crippen LogP contribution in [0.3, 0.4) is 0 Å². The molecule has 0 spiro atoms. The molecule has 13 heteroatoms. The number of nitrogens with one attached hydrogen (secondary N) is 2. The Morgan fingerprint density at radius 2 is 1.82 bits per heavy atom. The number of ether oxygens (including phenoxy) is 1. The van der Waals surface area contributed by atoms with Crippen molar-refractivity contribution >= 4 is 34.7 Å². The van der Waals surface area contributed by atoms with E-state index in [1.807, 2.05) is 0 Å². The van der Waals surface area contributed by atoms with E-state index in [4.69, 9.17) is 9.72 Å². The minimum Gasteiger partial charge on any atom is -0.391 e. The molecule has 10 nitrogen and oxygen atoms in total. The number of anilines is 3. The van der Waals surface area contributed by atoms with Crippen LogP contribution in [0.4, 0.5) is 30.8 Å². The van der Waals surface area contributed by atoms with Crippen molar-refractivity contribution in [3.63, 3.8) is 0 Å². The molecule has 4 heterocycles. The van der Waals surface area contributed by atoms with E-state index < -0.39 is 29.2 Å². The third-order valence-corrected chi connectivity index (χ3v) is 7.83. The SMILES string of the molecule is O=C([C@H]1CC[C@@H](n2c(Nc3c(F)cc(F)cc3F)nc3cnc(NC4CCOC4)nc32)CC1)N1CC[C@@H](O)C1. The maximum absolute atomic E-state index is 14.5. The van der Waals surface area contributed by atoms with Gasteiger partial charge in [0.05, 0.1) is 24.9 Å². The van der Waals surface area contributed by atoms with Gasteiger partial charge in [0.2, 0.25) is 17.8 Å². The van der Waals surface area contributed by atoms with Gasteiger partial charge in [-0.05, 0) is 38.5 Å². The van der Waals surface area contributed by atoms with Crippen molar-refractivity contribution in [2.75, 3.05) is 36.9 Å². The number of benzene rings is 1. The maximum atomic E-state index is 14.5. The first-order valence-electron chi connectivity index (χ1n) is 13.3. The first kappa shape index (κ1) is 25.8. The summed E-state index contributed by atoms with van der Waals surface area (Å²) in [5.41, 5.74) is 0.394. The smallest absolute Gasteiger partial charge is 0.225 e. The third kappa shape index (κ3) is 5.24. The van der Waals surface area contributed by atoms with Gasteiger partial charge in [-0.25, -0.2) is 23.1 Å². The molecule has 2 saturated heterocycles. The number of rotatable bonds is 6. The number of carbonyl (C=O) groups excluding carboxylic acids is 1. The van der Waals surface area contributed by atoms with Crippen molar-refractivity contribution in [2.24, 2.45) is 5.92 Å². The summed E-state index contributed by atoms with van der Waals surface area (Å²) in [7, 11) is 0. The number of imidazole rings is 1. The lowest BCUT2D eigenvalue weighted by atomic mass is 9.85. The second-order valence-electron chi connectivity index (χ2n) is 10.5. The van der Waals surface area contributed by atoms with Gasteiger partial charge in [-0.2, -0.15) is 4.98 Å². The predicted octanol–water partition coefficient (Wildman–Crippen LogP) is 3.51. The highest BCUT2D eigenvalue weighted by Crippen LogP contribution is 2.38. The average Bonchev–Trinajstić information content (AvgIpc) is 3.66. The van der Waals surface area contributed by atoms with Crippen LogP contribution in [0.1, 0.15) is 44.6 Å². The Balaban J connectivity index is 1.30. The summed E-state index contributed by atoms with van der Waals surface area (Å²) < 4.78 is 49.8. The zero-order valence-electron chi connectivity index (χ0n) is 21.2. The summed E-state index contributed by atoms with van der Waals surface area (Å²) >= 11 is 0. The monoisotopic (exact) mass is 545 g/mol. The Hall–Kier alpha value is -3.45. The molecule has 0 bridgehead atoms. The van der Waals surface area contributed by atoms with Gasteiger partial charge in [-0.1, -0.05) is 0 Å². The largest absolute Gasteiger partial charge is 0.391 e. The summed E-state index contributed by atoms with van der Waals surface area (Å²) in [6, 6.07) is 1.13. The Morgan fingerprint density at radius 1 is 1.05 bits per heavy atom. The second kappa shape index (κ2) is 10.6. The number of halogens is 3. The fourth-order valence-electron chi connectivity index (χ4n) is 5.78. The van der Waals surface area contributed by atoms with Crippen LogP contribution in [-0.2, 0) is 9.53 Å². The first-order valence-corrected chi connectivity index (χ1v) is 13.3. The lowest BCUT2D eigenvalue weighted by Gasteiger charge is -2.32. The van der Waals surface area contributed by atoms with E-state index in [0.29, 0.717) is 87.7 Å². The van der Waals surface area contributed by atoms with E-state index in [-0.39, 0.29) is 29.9 Å². The molecule has 1 amide bonds. The number of hydrogen-bond donors (Lipinski definition) is 3. The van der Waals surface area contributed by atoms with Gasteiger partial charge in [-0.3, -0.25) is 9.36 Å². The Labute approximate surface area is 222 Å². The number of β-amino-alcohol motifs (C(OH)–C–C–N with tert-alkyl or cyclic N) is 1. The molecule has 2 atom stereocenters. The summed E-state index contributed by atoms with van der Waals surface area (Å²) in [4.78, 5) is 28.3. The van der Waals surface area contributed by atoms with Gasteiger partial charge in [0, 0.05) is 43.8 Å². The molecular formula is C26H30F3N7O3. The standard InChI is InChI=1S/C26H30F3N7O3/c27-15-9-19(28)22(20(29)10-15)33-26-32-21-11-30-25(31-16-6-8-39-13-16)34-23(21)36(26)17-3-1-14(2-4-17)24(38)35-7-5-18(37)12-35/h9-11,14,16-18,37H,1-8,12-13H2,(H,32,33)(H,30,31,34)/t14-,16?,17+,18-/m1/s1. The molecular weight excluding hydrogens is 515 g/mol. The number of nitrogens with zero attached hydrogens (tertiary/aromatic N) is 5. The van der Waals surface area contributed by atoms with Crippen molar-refractivity contribution in [2.45, 2.75) is 56.7 Å².